The summed E-state index contributed by atoms with van der Waals surface area (Å²) in [6.07, 6.45) is 0.926. The van der Waals surface area contributed by atoms with Crippen LogP contribution in [0.25, 0.3) is 0 Å². The molecule has 1 saturated heterocycles. The Hall–Kier alpha value is -3.29. The Balaban J connectivity index is 1.66. The monoisotopic (exact) mass is 468 g/mol. The van der Waals surface area contributed by atoms with Gasteiger partial charge in [0.2, 0.25) is 0 Å². The summed E-state index contributed by atoms with van der Waals surface area (Å²) >= 11 is 0. The van der Waals surface area contributed by atoms with E-state index in [-0.39, 0.29) is 11.9 Å². The number of nitrogens with zero attached hydrogens (tertiary/aromatic N) is 3. The van der Waals surface area contributed by atoms with E-state index in [9.17, 15) is 14.4 Å². The fraction of sp³-hybridized carbons (Fsp3) is 0.500. The summed E-state index contributed by atoms with van der Waals surface area (Å²) in [5.74, 6) is -0.0727. The molecule has 2 aromatic rings. The van der Waals surface area contributed by atoms with Gasteiger partial charge in [0.25, 0.3) is 5.91 Å². The van der Waals surface area contributed by atoms with Crippen LogP contribution >= 0.6 is 0 Å². The fourth-order valence-electron chi connectivity index (χ4n) is 4.27. The van der Waals surface area contributed by atoms with Gasteiger partial charge in [0.15, 0.2) is 6.29 Å². The van der Waals surface area contributed by atoms with Crippen LogP contribution in [-0.2, 0) is 11.3 Å². The van der Waals surface area contributed by atoms with Crippen LogP contribution in [0.4, 0.5) is 10.5 Å². The summed E-state index contributed by atoms with van der Waals surface area (Å²) in [5, 5.41) is 2.74. The number of rotatable bonds is 7. The van der Waals surface area contributed by atoms with Crippen LogP contribution in [0.1, 0.15) is 60.7 Å². The molecule has 0 aliphatic carbocycles. The average molecular weight is 469 g/mol. The lowest BCUT2D eigenvalue weighted by Gasteiger charge is -2.41. The quantitative estimate of drug-likeness (QED) is 0.493. The van der Waals surface area contributed by atoms with E-state index in [1.54, 1.807) is 6.07 Å². The van der Waals surface area contributed by atoms with Gasteiger partial charge < -0.3 is 24.4 Å². The van der Waals surface area contributed by atoms with Crippen molar-refractivity contribution in [3.63, 3.8) is 0 Å². The number of carbonyl (C=O) groups excluding carboxylic acids is 3. The molecule has 1 fully saturated rings. The Morgan fingerprint density at radius 2 is 1.88 bits per heavy atom. The minimum Gasteiger partial charge on any atom is -0.444 e. The maximum Gasteiger partial charge on any atom is 0.407 e. The number of amides is 2. The van der Waals surface area contributed by atoms with E-state index in [1.165, 1.54) is 0 Å². The summed E-state index contributed by atoms with van der Waals surface area (Å²) in [6, 6.07) is 11.9. The molecule has 2 heterocycles. The van der Waals surface area contributed by atoms with Crippen molar-refractivity contribution in [2.45, 2.75) is 59.2 Å². The van der Waals surface area contributed by atoms with Crippen molar-refractivity contribution >= 4 is 24.0 Å². The maximum absolute atomic E-state index is 13.5. The number of hydrogen-bond donors (Lipinski definition) is 1. The largest absolute Gasteiger partial charge is 0.444 e. The predicted molar refractivity (Wildman–Crippen MR) is 133 cm³/mol. The molecule has 3 rings (SSSR count). The third-order valence-electron chi connectivity index (χ3n) is 5.99. The summed E-state index contributed by atoms with van der Waals surface area (Å²) in [6.45, 7) is 12.4. The number of aromatic nitrogens is 1. The molecule has 1 aromatic carbocycles. The number of carbonyl (C=O) groups is 3. The molecule has 0 spiro atoms. The van der Waals surface area contributed by atoms with Gasteiger partial charge in [-0.3, -0.25) is 9.59 Å². The zero-order chi connectivity index (χ0) is 24.9. The number of aldehydes is 1. The first-order valence-electron chi connectivity index (χ1n) is 11.8. The van der Waals surface area contributed by atoms with Gasteiger partial charge in [0.1, 0.15) is 11.3 Å². The van der Waals surface area contributed by atoms with Crippen molar-refractivity contribution in [2.75, 3.05) is 31.1 Å². The van der Waals surface area contributed by atoms with E-state index >= 15 is 0 Å². The summed E-state index contributed by atoms with van der Waals surface area (Å²) in [5.41, 5.74) is 2.38. The molecule has 0 saturated carbocycles. The average Bonchev–Trinajstić information content (AvgIpc) is 3.11. The Morgan fingerprint density at radius 1 is 1.18 bits per heavy atom. The Morgan fingerprint density at radius 3 is 2.50 bits per heavy atom. The van der Waals surface area contributed by atoms with Gasteiger partial charge in [-0.15, -0.1) is 0 Å². The molecule has 1 aliphatic rings. The second-order valence-electron chi connectivity index (χ2n) is 9.75. The van der Waals surface area contributed by atoms with Crippen LogP contribution in [0.5, 0.6) is 0 Å². The second kappa shape index (κ2) is 10.8. The molecule has 2 amide bonds. The third-order valence-corrected chi connectivity index (χ3v) is 5.99. The van der Waals surface area contributed by atoms with Crippen LogP contribution in [0.15, 0.2) is 36.4 Å². The molecular weight excluding hydrogens is 432 g/mol. The smallest absolute Gasteiger partial charge is 0.407 e. The minimum atomic E-state index is -0.555. The molecule has 0 unspecified atom stereocenters. The molecule has 184 valence electrons. The van der Waals surface area contributed by atoms with E-state index < -0.39 is 11.7 Å². The normalized spacial score (nSPS) is 16.3. The highest BCUT2D eigenvalue weighted by molar-refractivity contribution is 5.95. The molecule has 1 N–H and O–H groups in total. The van der Waals surface area contributed by atoms with Gasteiger partial charge >= 0.3 is 6.09 Å². The lowest BCUT2D eigenvalue weighted by Crippen LogP contribution is -2.54. The number of alkyl carbamates (subject to hydrolysis) is 1. The minimum absolute atomic E-state index is 0.0265. The summed E-state index contributed by atoms with van der Waals surface area (Å²) in [4.78, 5) is 41.2. The maximum atomic E-state index is 13.5. The van der Waals surface area contributed by atoms with Crippen molar-refractivity contribution in [1.29, 1.82) is 0 Å². The van der Waals surface area contributed by atoms with Crippen molar-refractivity contribution < 1.29 is 19.1 Å². The Labute approximate surface area is 201 Å². The SMILES string of the molecule is Cc1c(C=O)cc(C(=O)N2CCN(c3ccccc3)C[C@@H]2C)n1CCCNC(=O)OC(C)(C)C. The first kappa shape index (κ1) is 25.3. The van der Waals surface area contributed by atoms with E-state index in [0.717, 1.165) is 30.8 Å². The first-order valence-corrected chi connectivity index (χ1v) is 11.8. The summed E-state index contributed by atoms with van der Waals surface area (Å²) < 4.78 is 7.15. The van der Waals surface area contributed by atoms with E-state index in [0.29, 0.717) is 37.3 Å². The lowest BCUT2D eigenvalue weighted by molar-refractivity contribution is 0.0525. The van der Waals surface area contributed by atoms with Gasteiger partial charge in [0, 0.05) is 55.7 Å². The molecule has 8 nitrogen and oxygen atoms in total. The second-order valence-corrected chi connectivity index (χ2v) is 9.75. The molecule has 1 aliphatic heterocycles. The highest BCUT2D eigenvalue weighted by Crippen LogP contribution is 2.22. The topological polar surface area (TPSA) is 83.9 Å². The molecule has 1 aromatic heterocycles. The number of hydrogen-bond acceptors (Lipinski definition) is 5. The van der Waals surface area contributed by atoms with Gasteiger partial charge in [-0.1, -0.05) is 18.2 Å². The van der Waals surface area contributed by atoms with Crippen LogP contribution in [0, 0.1) is 6.92 Å². The molecule has 8 heteroatoms. The molecule has 0 bridgehead atoms. The van der Waals surface area contributed by atoms with Gasteiger partial charge in [-0.05, 0) is 59.2 Å². The lowest BCUT2D eigenvalue weighted by atomic mass is 10.1. The van der Waals surface area contributed by atoms with Crippen molar-refractivity contribution in [2.24, 2.45) is 0 Å². The standard InChI is InChI=1S/C26H36N4O4/c1-19-17-28(22-10-7-6-8-11-22)14-15-29(19)24(32)23-16-21(18-31)20(2)30(23)13-9-12-27-25(33)34-26(3,4)5/h6-8,10-11,16,18-19H,9,12-15,17H2,1-5H3,(H,27,33)/t19-/m0/s1. The van der Waals surface area contributed by atoms with Crippen molar-refractivity contribution in [3.8, 4) is 0 Å². The highest BCUT2D eigenvalue weighted by Gasteiger charge is 2.30. The van der Waals surface area contributed by atoms with Crippen LogP contribution in [-0.4, -0.2) is 65.6 Å². The molecule has 1 atom stereocenters. The third kappa shape index (κ3) is 6.18. The number of nitrogens with one attached hydrogen (secondary N) is 1. The Bertz CT molecular complexity index is 1010. The number of para-hydroxylation sites is 1. The fourth-order valence-corrected chi connectivity index (χ4v) is 4.27. The zero-order valence-corrected chi connectivity index (χ0v) is 20.8. The van der Waals surface area contributed by atoms with E-state index in [1.807, 2.05) is 55.4 Å². The molecular formula is C26H36N4O4. The zero-order valence-electron chi connectivity index (χ0n) is 20.8. The Kier molecular flexibility index (Phi) is 8.02. The van der Waals surface area contributed by atoms with E-state index in [4.69, 9.17) is 4.74 Å². The van der Waals surface area contributed by atoms with Crippen molar-refractivity contribution in [1.82, 2.24) is 14.8 Å². The predicted octanol–water partition coefficient (Wildman–Crippen LogP) is 3.87. The highest BCUT2D eigenvalue weighted by atomic mass is 16.6. The van der Waals surface area contributed by atoms with Crippen LogP contribution in [0.3, 0.4) is 0 Å². The molecule has 34 heavy (non-hydrogen) atoms. The number of piperazine rings is 1. The van der Waals surface area contributed by atoms with Crippen LogP contribution in [0.2, 0.25) is 0 Å². The van der Waals surface area contributed by atoms with Crippen LogP contribution < -0.4 is 10.2 Å². The van der Waals surface area contributed by atoms with Gasteiger partial charge in [-0.25, -0.2) is 4.79 Å². The van der Waals surface area contributed by atoms with Gasteiger partial charge in [-0.2, -0.15) is 0 Å². The van der Waals surface area contributed by atoms with Crippen molar-refractivity contribution in [3.05, 3.63) is 53.3 Å². The first-order chi connectivity index (χ1) is 16.1. The molecule has 0 radical (unpaired) electrons. The van der Waals surface area contributed by atoms with Gasteiger partial charge in [0.05, 0.1) is 0 Å². The number of ether oxygens (including phenoxy) is 1. The summed E-state index contributed by atoms with van der Waals surface area (Å²) in [7, 11) is 0. The van der Waals surface area contributed by atoms with E-state index in [2.05, 4.69) is 29.3 Å². The number of anilines is 1. The number of benzene rings is 1.